The third-order valence-electron chi connectivity index (χ3n) is 4.69. The van der Waals surface area contributed by atoms with Gasteiger partial charge in [0.15, 0.2) is 12.4 Å². The van der Waals surface area contributed by atoms with E-state index in [1.807, 2.05) is 0 Å². The minimum absolute atomic E-state index is 0. The van der Waals surface area contributed by atoms with E-state index in [9.17, 15) is 22.8 Å². The number of hydrogen-bond acceptors (Lipinski definition) is 5. The van der Waals surface area contributed by atoms with Gasteiger partial charge in [-0.2, -0.15) is 13.2 Å². The topological polar surface area (TPSA) is 98.1 Å². The van der Waals surface area contributed by atoms with Crippen molar-refractivity contribution in [1.82, 2.24) is 20.1 Å². The number of aryl methyl sites for hydroxylation is 2. The monoisotopic (exact) mass is 525 g/mol. The molecule has 0 aliphatic carbocycles. The molecule has 3 aromatic rings. The number of aromatic nitrogens is 3. The van der Waals surface area contributed by atoms with E-state index < -0.39 is 30.5 Å². The molecule has 0 bridgehead atoms. The molecular formula is C24H27ClF3N5O3. The molecule has 8 nitrogen and oxygen atoms in total. The largest absolute Gasteiger partial charge is 0.467 e. The third-order valence-corrected chi connectivity index (χ3v) is 4.91. The first-order valence-corrected chi connectivity index (χ1v) is 10.9. The van der Waals surface area contributed by atoms with Gasteiger partial charge in [0, 0.05) is 23.3 Å². The highest BCUT2D eigenvalue weighted by atomic mass is 35.5. The van der Waals surface area contributed by atoms with Crippen molar-refractivity contribution in [2.24, 2.45) is 0 Å². The number of ether oxygens (including phenoxy) is 1. The highest BCUT2D eigenvalue weighted by Gasteiger charge is 2.30. The van der Waals surface area contributed by atoms with Crippen LogP contribution in [0.3, 0.4) is 0 Å². The van der Waals surface area contributed by atoms with Gasteiger partial charge in [0.05, 0.1) is 11.3 Å². The number of amides is 2. The number of hydrogen-bond donors (Lipinski definition) is 2. The van der Waals surface area contributed by atoms with Gasteiger partial charge in [-0.1, -0.05) is 25.1 Å². The maximum absolute atomic E-state index is 13.3. The summed E-state index contributed by atoms with van der Waals surface area (Å²) < 4.78 is 43.9. The number of alkyl halides is 3. The Hall–Kier alpha value is -3.60. The lowest BCUT2D eigenvalue weighted by molar-refractivity contribution is -0.154. The van der Waals surface area contributed by atoms with Crippen LogP contribution in [-0.4, -0.2) is 45.4 Å². The Bertz CT molecular complexity index is 1260. The molecule has 0 aliphatic heterocycles. The van der Waals surface area contributed by atoms with Crippen LogP contribution >= 0.6 is 11.6 Å². The second-order valence-corrected chi connectivity index (χ2v) is 8.49. The average Bonchev–Trinajstić information content (AvgIpc) is 3.17. The highest BCUT2D eigenvalue weighted by Crippen LogP contribution is 2.28. The van der Waals surface area contributed by atoms with E-state index in [-0.39, 0.29) is 36.2 Å². The van der Waals surface area contributed by atoms with Crippen molar-refractivity contribution < 1.29 is 27.5 Å². The molecule has 0 atom stereocenters. The first-order valence-electron chi connectivity index (χ1n) is 10.5. The van der Waals surface area contributed by atoms with Crippen LogP contribution in [-0.2, 0) is 0 Å². The Morgan fingerprint density at radius 3 is 2.44 bits per heavy atom. The zero-order valence-electron chi connectivity index (χ0n) is 19.3. The fourth-order valence-electron chi connectivity index (χ4n) is 3.21. The summed E-state index contributed by atoms with van der Waals surface area (Å²) in [5.74, 6) is -1.38. The van der Waals surface area contributed by atoms with Crippen molar-refractivity contribution in [2.75, 3.05) is 11.9 Å². The normalized spacial score (nSPS) is 11.1. The Balaban J connectivity index is 0.00000456. The van der Waals surface area contributed by atoms with E-state index in [1.54, 1.807) is 45.9 Å². The number of anilines is 1. The van der Waals surface area contributed by atoms with Crippen molar-refractivity contribution in [3.05, 3.63) is 63.9 Å². The summed E-state index contributed by atoms with van der Waals surface area (Å²) in [4.78, 5) is 30.3. The molecule has 194 valence electrons. The molecule has 0 aliphatic rings. The Morgan fingerprint density at radius 1 is 1.14 bits per heavy atom. The number of nitrogens with zero attached hydrogens (tertiary/aromatic N) is 3. The smallest absolute Gasteiger partial charge is 0.422 e. The van der Waals surface area contributed by atoms with Gasteiger partial charge in [-0.3, -0.25) is 9.59 Å². The van der Waals surface area contributed by atoms with Crippen molar-refractivity contribution in [3.8, 4) is 11.7 Å². The summed E-state index contributed by atoms with van der Waals surface area (Å²) in [5.41, 5.74) is 1.31. The van der Waals surface area contributed by atoms with Crippen LogP contribution in [0.2, 0.25) is 5.02 Å². The maximum atomic E-state index is 13.3. The minimum Gasteiger partial charge on any atom is -0.467 e. The molecule has 0 spiro atoms. The zero-order valence-corrected chi connectivity index (χ0v) is 20.1. The number of benzene rings is 1. The summed E-state index contributed by atoms with van der Waals surface area (Å²) in [6.07, 6.45) is -3.13. The quantitative estimate of drug-likeness (QED) is 0.424. The van der Waals surface area contributed by atoms with Gasteiger partial charge in [-0.05, 0) is 57.0 Å². The lowest BCUT2D eigenvalue weighted by Gasteiger charge is -2.16. The molecule has 2 N–H and O–H groups in total. The summed E-state index contributed by atoms with van der Waals surface area (Å²) in [7, 11) is 0. The number of carbonyl (C=O) groups is 2. The molecule has 3 rings (SSSR count). The van der Waals surface area contributed by atoms with Crippen molar-refractivity contribution in [3.63, 3.8) is 0 Å². The Morgan fingerprint density at radius 2 is 1.83 bits per heavy atom. The van der Waals surface area contributed by atoms with Crippen LogP contribution < -0.4 is 15.4 Å². The van der Waals surface area contributed by atoms with E-state index in [0.29, 0.717) is 16.1 Å². The average molecular weight is 526 g/mol. The summed E-state index contributed by atoms with van der Waals surface area (Å²) >= 11 is 6.13. The summed E-state index contributed by atoms with van der Waals surface area (Å²) in [5, 5.41) is 9.72. The van der Waals surface area contributed by atoms with Gasteiger partial charge >= 0.3 is 6.18 Å². The molecule has 36 heavy (non-hydrogen) atoms. The van der Waals surface area contributed by atoms with Gasteiger partial charge in [0.1, 0.15) is 5.69 Å². The molecule has 0 unspecified atom stereocenters. The van der Waals surface area contributed by atoms with Crippen LogP contribution in [0.25, 0.3) is 5.82 Å². The predicted octanol–water partition coefficient (Wildman–Crippen LogP) is 5.51. The molecule has 0 saturated heterocycles. The number of pyridine rings is 1. The maximum Gasteiger partial charge on any atom is 0.422 e. The summed E-state index contributed by atoms with van der Waals surface area (Å²) in [6.45, 7) is 5.35. The van der Waals surface area contributed by atoms with Crippen LogP contribution in [0.5, 0.6) is 5.88 Å². The van der Waals surface area contributed by atoms with Gasteiger partial charge < -0.3 is 15.4 Å². The van der Waals surface area contributed by atoms with E-state index in [4.69, 9.17) is 16.3 Å². The fraction of sp³-hybridized carbons (Fsp3) is 0.333. The van der Waals surface area contributed by atoms with Gasteiger partial charge in [-0.15, -0.1) is 5.10 Å². The lowest BCUT2D eigenvalue weighted by Crippen LogP contribution is -2.31. The second-order valence-electron chi connectivity index (χ2n) is 8.05. The van der Waals surface area contributed by atoms with E-state index in [1.165, 1.54) is 12.3 Å². The predicted molar refractivity (Wildman–Crippen MR) is 131 cm³/mol. The van der Waals surface area contributed by atoms with Crippen LogP contribution in [0.1, 0.15) is 53.2 Å². The molecule has 12 heteroatoms. The Kier molecular flexibility index (Phi) is 9.09. The minimum atomic E-state index is -4.59. The van der Waals surface area contributed by atoms with Gasteiger partial charge in [0.2, 0.25) is 5.88 Å². The molecule has 2 aromatic heterocycles. The van der Waals surface area contributed by atoms with Crippen molar-refractivity contribution >= 4 is 29.1 Å². The molecule has 0 fully saturated rings. The van der Waals surface area contributed by atoms with E-state index in [0.717, 1.165) is 10.7 Å². The second kappa shape index (κ2) is 11.4. The zero-order chi connectivity index (χ0) is 25.9. The number of rotatable bonds is 7. The third kappa shape index (κ3) is 6.97. The first kappa shape index (κ1) is 28.6. The molecular weight excluding hydrogens is 499 g/mol. The van der Waals surface area contributed by atoms with E-state index in [2.05, 4.69) is 20.7 Å². The number of carbonyl (C=O) groups excluding carboxylic acids is 2. The summed E-state index contributed by atoms with van der Waals surface area (Å²) in [6, 6.07) is 7.27. The first-order chi connectivity index (χ1) is 16.4. The van der Waals surface area contributed by atoms with Crippen molar-refractivity contribution in [1.29, 1.82) is 0 Å². The molecule has 0 radical (unpaired) electrons. The molecule has 2 heterocycles. The lowest BCUT2D eigenvalue weighted by atomic mass is 10.1. The Labute approximate surface area is 211 Å². The fourth-order valence-corrected chi connectivity index (χ4v) is 3.49. The van der Waals surface area contributed by atoms with Gasteiger partial charge in [0.25, 0.3) is 11.8 Å². The highest BCUT2D eigenvalue weighted by molar-refractivity contribution is 6.31. The molecule has 2 amide bonds. The van der Waals surface area contributed by atoms with E-state index >= 15 is 0 Å². The molecule has 1 aromatic carbocycles. The number of halogens is 4. The SMILES string of the molecule is C.Cc1cccnc1-n1nc(OCC(F)(F)F)cc1C(=O)Nc1c(C)cc(Cl)cc1C(=O)NC(C)C. The standard InChI is InChI=1S/C23H23ClF3N5O3.CH4/c1-12(2)29-21(33)16-9-15(24)8-14(4)19(16)30-22(34)17-10-18(35-11-23(25,26)27)31-32(17)20-13(3)6-5-7-28-20;/h5-10,12H,11H2,1-4H3,(H,29,33)(H,30,34);1H4. The molecule has 0 saturated carbocycles. The van der Waals surface area contributed by atoms with Crippen LogP contribution in [0.15, 0.2) is 36.5 Å². The van der Waals surface area contributed by atoms with Gasteiger partial charge in [-0.25, -0.2) is 9.67 Å². The van der Waals surface area contributed by atoms with Crippen LogP contribution in [0.4, 0.5) is 18.9 Å². The van der Waals surface area contributed by atoms with Crippen molar-refractivity contribution in [2.45, 2.75) is 47.3 Å². The van der Waals surface area contributed by atoms with Crippen LogP contribution in [0, 0.1) is 13.8 Å². The number of nitrogens with one attached hydrogen (secondary N) is 2.